The molecule has 0 bridgehead atoms. The molecule has 56 heavy (non-hydrogen) atoms. The number of methoxy groups -OCH3 is 1. The van der Waals surface area contributed by atoms with E-state index in [9.17, 15) is 36.7 Å². The van der Waals surface area contributed by atoms with Gasteiger partial charge >= 0.3 is 18.0 Å². The number of rotatable bonds is 9. The van der Waals surface area contributed by atoms with Crippen LogP contribution in [-0.2, 0) is 27.3 Å². The topological polar surface area (TPSA) is 135 Å². The summed E-state index contributed by atoms with van der Waals surface area (Å²) in [4.78, 5) is 55.1. The molecular formula is C40H41F4N5O7. The van der Waals surface area contributed by atoms with E-state index < -0.39 is 29.2 Å². The van der Waals surface area contributed by atoms with Gasteiger partial charge in [0.25, 0.3) is 0 Å². The van der Waals surface area contributed by atoms with Gasteiger partial charge in [-0.1, -0.05) is 30.3 Å². The minimum atomic E-state index is -0.656. The molecule has 4 aromatic rings. The monoisotopic (exact) mass is 779 g/mol. The molecule has 2 heterocycles. The number of ether oxygens (including phenoxy) is 3. The summed E-state index contributed by atoms with van der Waals surface area (Å²) >= 11 is 0. The van der Waals surface area contributed by atoms with E-state index in [1.165, 1.54) is 77.6 Å². The van der Waals surface area contributed by atoms with Crippen molar-refractivity contribution in [2.75, 3.05) is 76.1 Å². The number of Topliss-reactive ketones (excluding diaryl/α,β-unsaturated/α-hetero) is 1. The van der Waals surface area contributed by atoms with Gasteiger partial charge in [0.1, 0.15) is 23.3 Å². The summed E-state index contributed by atoms with van der Waals surface area (Å²) in [6, 6.07) is 18.3. The standard InChI is InChI=1S/C20H21F2N3O3.C20H20F2N2O4/c21-16-2-1-3-17(11-16)25(20(27)24-6-8-28-9-7-24)13-15-5-4-14(10-18(15)22)19(26)12-23;1-27-19(25)14-5-6-15(18(22)11-14)13-24(17-4-2-3-16(21)12-17)20(26)23-7-9-28-10-8-23/h1-5,10-11H,6-9,12-13,23H2;2-6,11-12H,7-10,13H2,1H3. The number of anilines is 2. The average molecular weight is 780 g/mol. The van der Waals surface area contributed by atoms with Gasteiger partial charge in [-0.25, -0.2) is 31.9 Å². The van der Waals surface area contributed by atoms with E-state index in [2.05, 4.69) is 4.74 Å². The maximum atomic E-state index is 14.6. The molecular weight excluding hydrogens is 738 g/mol. The second-order valence-electron chi connectivity index (χ2n) is 12.6. The van der Waals surface area contributed by atoms with Crippen molar-refractivity contribution in [2.45, 2.75) is 13.1 Å². The van der Waals surface area contributed by atoms with Crippen molar-refractivity contribution in [3.05, 3.63) is 130 Å². The van der Waals surface area contributed by atoms with Crippen LogP contribution in [0.2, 0.25) is 0 Å². The fourth-order valence-electron chi connectivity index (χ4n) is 5.91. The van der Waals surface area contributed by atoms with Crippen molar-refractivity contribution in [3.8, 4) is 0 Å². The smallest absolute Gasteiger partial charge is 0.337 e. The lowest BCUT2D eigenvalue weighted by Crippen LogP contribution is -2.48. The normalized spacial score (nSPS) is 14.0. The molecule has 2 N–H and O–H groups in total. The summed E-state index contributed by atoms with van der Waals surface area (Å²) < 4.78 is 71.7. The number of ketones is 1. The van der Waals surface area contributed by atoms with Gasteiger partial charge in [0.15, 0.2) is 5.78 Å². The number of esters is 1. The Morgan fingerprint density at radius 2 is 1.07 bits per heavy atom. The van der Waals surface area contributed by atoms with Crippen LogP contribution in [-0.4, -0.2) is 99.9 Å². The van der Waals surface area contributed by atoms with Gasteiger partial charge in [0.2, 0.25) is 0 Å². The van der Waals surface area contributed by atoms with Gasteiger partial charge in [0.05, 0.1) is 58.7 Å². The first-order valence-electron chi connectivity index (χ1n) is 17.7. The Kier molecular flexibility index (Phi) is 14.5. The molecule has 6 rings (SSSR count). The van der Waals surface area contributed by atoms with Crippen LogP contribution >= 0.6 is 0 Å². The highest BCUT2D eigenvalue weighted by atomic mass is 19.1. The lowest BCUT2D eigenvalue weighted by atomic mass is 10.1. The van der Waals surface area contributed by atoms with E-state index >= 15 is 0 Å². The van der Waals surface area contributed by atoms with Gasteiger partial charge < -0.3 is 29.7 Å². The van der Waals surface area contributed by atoms with Crippen LogP contribution in [0.5, 0.6) is 0 Å². The molecule has 2 saturated heterocycles. The zero-order chi connectivity index (χ0) is 40.2. The summed E-state index contributed by atoms with van der Waals surface area (Å²) in [5.41, 5.74) is 6.58. The minimum absolute atomic E-state index is 0.0700. The summed E-state index contributed by atoms with van der Waals surface area (Å²) in [5.74, 6) is -3.32. The Balaban J connectivity index is 0.000000214. The van der Waals surface area contributed by atoms with Crippen LogP contribution < -0.4 is 15.5 Å². The number of carbonyl (C=O) groups is 4. The number of halogens is 4. The Hall–Kier alpha value is -5.84. The lowest BCUT2D eigenvalue weighted by Gasteiger charge is -2.33. The maximum Gasteiger partial charge on any atom is 0.337 e. The number of carbonyl (C=O) groups excluding carboxylic acids is 4. The molecule has 0 aliphatic carbocycles. The number of urea groups is 2. The summed E-state index contributed by atoms with van der Waals surface area (Å²) in [7, 11) is 1.21. The van der Waals surface area contributed by atoms with Crippen molar-refractivity contribution >= 4 is 35.2 Å². The number of nitrogens with zero attached hydrogens (tertiary/aromatic N) is 4. The Morgan fingerprint density at radius 3 is 1.46 bits per heavy atom. The molecule has 4 amide bonds. The Morgan fingerprint density at radius 1 is 0.643 bits per heavy atom. The number of nitrogens with two attached hydrogens (primary N) is 1. The first-order chi connectivity index (χ1) is 27.0. The van der Waals surface area contributed by atoms with Gasteiger partial charge in [-0.2, -0.15) is 0 Å². The number of hydrogen-bond donors (Lipinski definition) is 1. The van der Waals surface area contributed by atoms with Crippen LogP contribution in [0.3, 0.4) is 0 Å². The van der Waals surface area contributed by atoms with Crippen molar-refractivity contribution in [1.29, 1.82) is 0 Å². The fraction of sp³-hybridized carbons (Fsp3) is 0.300. The molecule has 0 radical (unpaired) electrons. The molecule has 0 atom stereocenters. The van der Waals surface area contributed by atoms with E-state index in [0.29, 0.717) is 64.0 Å². The molecule has 12 nitrogen and oxygen atoms in total. The lowest BCUT2D eigenvalue weighted by molar-refractivity contribution is 0.0548. The minimum Gasteiger partial charge on any atom is -0.465 e. The van der Waals surface area contributed by atoms with Crippen LogP contribution in [0.25, 0.3) is 0 Å². The highest BCUT2D eigenvalue weighted by Crippen LogP contribution is 2.25. The molecule has 2 aliphatic rings. The molecule has 0 saturated carbocycles. The summed E-state index contributed by atoms with van der Waals surface area (Å²) in [6.07, 6.45) is 0. The number of benzene rings is 4. The van der Waals surface area contributed by atoms with E-state index in [0.717, 1.165) is 12.1 Å². The van der Waals surface area contributed by atoms with Gasteiger partial charge in [-0.15, -0.1) is 0 Å². The fourth-order valence-corrected chi connectivity index (χ4v) is 5.91. The second kappa shape index (κ2) is 19.7. The molecule has 2 aliphatic heterocycles. The molecule has 296 valence electrons. The molecule has 0 aromatic heterocycles. The van der Waals surface area contributed by atoms with E-state index in [1.54, 1.807) is 21.9 Å². The average Bonchev–Trinajstić information content (AvgIpc) is 3.22. The Labute approximate surface area is 320 Å². The quantitative estimate of drug-likeness (QED) is 0.129. The molecule has 2 fully saturated rings. The van der Waals surface area contributed by atoms with Gasteiger partial charge in [-0.3, -0.25) is 14.6 Å². The van der Waals surface area contributed by atoms with Crippen LogP contribution in [0.15, 0.2) is 84.9 Å². The maximum absolute atomic E-state index is 14.6. The van der Waals surface area contributed by atoms with Crippen LogP contribution in [0.1, 0.15) is 31.8 Å². The van der Waals surface area contributed by atoms with Crippen molar-refractivity contribution < 1.29 is 51.0 Å². The van der Waals surface area contributed by atoms with Gasteiger partial charge in [0, 0.05) is 54.2 Å². The number of morpholine rings is 2. The predicted octanol–water partition coefficient (Wildman–Crippen LogP) is 5.78. The van der Waals surface area contributed by atoms with Crippen molar-refractivity contribution in [3.63, 3.8) is 0 Å². The zero-order valence-electron chi connectivity index (χ0n) is 30.6. The third-order valence-corrected chi connectivity index (χ3v) is 8.96. The third-order valence-electron chi connectivity index (χ3n) is 8.96. The van der Waals surface area contributed by atoms with Gasteiger partial charge in [-0.05, 0) is 54.6 Å². The molecule has 0 unspecified atom stereocenters. The van der Waals surface area contributed by atoms with Crippen LogP contribution in [0.4, 0.5) is 38.5 Å². The summed E-state index contributed by atoms with van der Waals surface area (Å²) in [5, 5.41) is 0. The zero-order valence-corrected chi connectivity index (χ0v) is 30.6. The number of hydrogen-bond acceptors (Lipinski definition) is 8. The van der Waals surface area contributed by atoms with E-state index in [1.807, 2.05) is 0 Å². The second-order valence-corrected chi connectivity index (χ2v) is 12.6. The van der Waals surface area contributed by atoms with E-state index in [-0.39, 0.29) is 59.7 Å². The van der Waals surface area contributed by atoms with E-state index in [4.69, 9.17) is 15.2 Å². The Bertz CT molecular complexity index is 1880. The SMILES string of the molecule is COC(=O)c1ccc(CN(C(=O)N2CCOCC2)c2cccc(F)c2)c(F)c1.NCC(=O)c1ccc(CN(C(=O)N2CCOCC2)c2cccc(F)c2)c(F)c1. The molecule has 4 aromatic carbocycles. The largest absolute Gasteiger partial charge is 0.465 e. The van der Waals surface area contributed by atoms with Crippen molar-refractivity contribution in [2.24, 2.45) is 5.73 Å². The molecule has 0 spiro atoms. The highest BCUT2D eigenvalue weighted by Gasteiger charge is 2.27. The third kappa shape index (κ3) is 10.7. The predicted molar refractivity (Wildman–Crippen MR) is 198 cm³/mol. The first-order valence-corrected chi connectivity index (χ1v) is 17.7. The summed E-state index contributed by atoms with van der Waals surface area (Å²) in [6.45, 7) is 2.78. The number of amides is 4. The highest BCUT2D eigenvalue weighted by molar-refractivity contribution is 5.97. The van der Waals surface area contributed by atoms with Crippen LogP contribution in [0, 0.1) is 23.3 Å². The van der Waals surface area contributed by atoms with Crippen molar-refractivity contribution in [1.82, 2.24) is 9.80 Å². The molecule has 16 heteroatoms. The first kappa shape index (κ1) is 41.3.